The minimum absolute atomic E-state index is 1.01. The molecule has 0 aliphatic heterocycles. The molecule has 0 bridgehead atoms. The Morgan fingerprint density at radius 1 is 1.19 bits per heavy atom. The summed E-state index contributed by atoms with van der Waals surface area (Å²) in [5.74, 6) is 0. The van der Waals surface area contributed by atoms with E-state index in [2.05, 4.69) is 54.0 Å². The third-order valence-corrected chi connectivity index (χ3v) is 3.55. The molecule has 1 N–H and O–H groups in total. The SMILES string of the molecule is CCc1cccc(NCCc2cccs2)c1. The molecule has 0 spiro atoms. The van der Waals surface area contributed by atoms with Crippen LogP contribution < -0.4 is 5.32 Å². The molecule has 1 heterocycles. The van der Waals surface area contributed by atoms with Crippen LogP contribution >= 0.6 is 11.3 Å². The van der Waals surface area contributed by atoms with Crippen LogP contribution in [0.2, 0.25) is 0 Å². The van der Waals surface area contributed by atoms with E-state index in [1.165, 1.54) is 16.1 Å². The molecule has 84 valence electrons. The minimum atomic E-state index is 1.01. The van der Waals surface area contributed by atoms with Gasteiger partial charge in [0.05, 0.1) is 0 Å². The summed E-state index contributed by atoms with van der Waals surface area (Å²) in [5, 5.41) is 5.60. The lowest BCUT2D eigenvalue weighted by Gasteiger charge is -2.06. The van der Waals surface area contributed by atoms with Crippen molar-refractivity contribution in [2.75, 3.05) is 11.9 Å². The summed E-state index contributed by atoms with van der Waals surface area (Å²) in [4.78, 5) is 1.44. The van der Waals surface area contributed by atoms with E-state index in [9.17, 15) is 0 Å². The van der Waals surface area contributed by atoms with E-state index < -0.39 is 0 Å². The summed E-state index contributed by atoms with van der Waals surface area (Å²) in [6.45, 7) is 3.19. The molecule has 0 aliphatic rings. The molecule has 2 aromatic rings. The van der Waals surface area contributed by atoms with Gasteiger partial charge in [0.25, 0.3) is 0 Å². The average Bonchev–Trinajstić information content (AvgIpc) is 2.82. The molecule has 0 atom stereocenters. The normalized spacial score (nSPS) is 10.3. The van der Waals surface area contributed by atoms with Crippen molar-refractivity contribution < 1.29 is 0 Å². The maximum atomic E-state index is 3.46. The van der Waals surface area contributed by atoms with E-state index in [-0.39, 0.29) is 0 Å². The summed E-state index contributed by atoms with van der Waals surface area (Å²) < 4.78 is 0. The highest BCUT2D eigenvalue weighted by Crippen LogP contribution is 2.12. The second-order valence-electron chi connectivity index (χ2n) is 3.81. The third kappa shape index (κ3) is 3.11. The molecule has 0 radical (unpaired) electrons. The van der Waals surface area contributed by atoms with Crippen LogP contribution in [0.5, 0.6) is 0 Å². The molecule has 0 aliphatic carbocycles. The van der Waals surface area contributed by atoms with Gasteiger partial charge in [0.2, 0.25) is 0 Å². The average molecular weight is 231 g/mol. The maximum absolute atomic E-state index is 3.46. The Hall–Kier alpha value is -1.28. The Morgan fingerprint density at radius 2 is 2.12 bits per heavy atom. The van der Waals surface area contributed by atoms with Crippen molar-refractivity contribution in [3.05, 3.63) is 52.2 Å². The van der Waals surface area contributed by atoms with Crippen molar-refractivity contribution >= 4 is 17.0 Å². The lowest BCUT2D eigenvalue weighted by Crippen LogP contribution is -2.03. The van der Waals surface area contributed by atoms with Crippen molar-refractivity contribution in [2.45, 2.75) is 19.8 Å². The van der Waals surface area contributed by atoms with Gasteiger partial charge in [-0.3, -0.25) is 0 Å². The van der Waals surface area contributed by atoms with Gasteiger partial charge in [0.1, 0.15) is 0 Å². The number of rotatable bonds is 5. The van der Waals surface area contributed by atoms with Crippen LogP contribution in [0, 0.1) is 0 Å². The van der Waals surface area contributed by atoms with Crippen LogP contribution in [-0.2, 0) is 12.8 Å². The molecule has 2 rings (SSSR count). The first-order valence-electron chi connectivity index (χ1n) is 5.73. The summed E-state index contributed by atoms with van der Waals surface area (Å²) in [5.41, 5.74) is 2.62. The number of hydrogen-bond donors (Lipinski definition) is 1. The highest BCUT2D eigenvalue weighted by Gasteiger charge is 1.95. The van der Waals surface area contributed by atoms with E-state index in [0.29, 0.717) is 0 Å². The number of thiophene rings is 1. The molecular weight excluding hydrogens is 214 g/mol. The number of aryl methyl sites for hydroxylation is 1. The van der Waals surface area contributed by atoms with Gasteiger partial charge in [-0.1, -0.05) is 25.1 Å². The van der Waals surface area contributed by atoms with E-state index in [1.807, 2.05) is 11.3 Å². The Kier molecular flexibility index (Phi) is 4.00. The van der Waals surface area contributed by atoms with Crippen molar-refractivity contribution in [1.82, 2.24) is 0 Å². The number of benzene rings is 1. The molecule has 0 fully saturated rings. The predicted molar refractivity (Wildman–Crippen MR) is 72.3 cm³/mol. The highest BCUT2D eigenvalue weighted by molar-refractivity contribution is 7.09. The summed E-state index contributed by atoms with van der Waals surface area (Å²) in [6, 6.07) is 12.9. The predicted octanol–water partition coefficient (Wildman–Crippen LogP) is 3.97. The van der Waals surface area contributed by atoms with Crippen molar-refractivity contribution in [2.24, 2.45) is 0 Å². The molecule has 1 nitrogen and oxygen atoms in total. The molecule has 1 aromatic carbocycles. The number of anilines is 1. The van der Waals surface area contributed by atoms with E-state index in [0.717, 1.165) is 19.4 Å². The first kappa shape index (κ1) is 11.2. The largest absolute Gasteiger partial charge is 0.385 e. The van der Waals surface area contributed by atoms with Crippen LogP contribution in [-0.4, -0.2) is 6.54 Å². The molecule has 16 heavy (non-hydrogen) atoms. The van der Waals surface area contributed by atoms with Gasteiger partial charge in [-0.25, -0.2) is 0 Å². The first-order chi connectivity index (χ1) is 7.88. The van der Waals surface area contributed by atoms with Gasteiger partial charge < -0.3 is 5.32 Å². The Morgan fingerprint density at radius 3 is 2.88 bits per heavy atom. The quantitative estimate of drug-likeness (QED) is 0.821. The summed E-state index contributed by atoms with van der Waals surface area (Å²) in [6.07, 6.45) is 2.20. The third-order valence-electron chi connectivity index (χ3n) is 2.62. The Bertz CT molecular complexity index is 420. The summed E-state index contributed by atoms with van der Waals surface area (Å²) in [7, 11) is 0. The maximum Gasteiger partial charge on any atom is 0.0343 e. The lowest BCUT2D eigenvalue weighted by molar-refractivity contribution is 1.04. The zero-order valence-corrected chi connectivity index (χ0v) is 10.4. The molecule has 0 unspecified atom stereocenters. The van der Waals surface area contributed by atoms with Gasteiger partial charge in [-0.05, 0) is 42.0 Å². The standard InChI is InChI=1S/C14H17NS/c1-2-12-5-3-6-13(11-12)15-9-8-14-7-4-10-16-14/h3-7,10-11,15H,2,8-9H2,1H3. The van der Waals surface area contributed by atoms with Crippen LogP contribution in [0.15, 0.2) is 41.8 Å². The Balaban J connectivity index is 1.85. The topological polar surface area (TPSA) is 12.0 Å². The van der Waals surface area contributed by atoms with Crippen molar-refractivity contribution in [1.29, 1.82) is 0 Å². The molecule has 0 saturated carbocycles. The number of nitrogens with one attached hydrogen (secondary N) is 1. The van der Waals surface area contributed by atoms with E-state index in [1.54, 1.807) is 0 Å². The molecule has 2 heteroatoms. The monoisotopic (exact) mass is 231 g/mol. The van der Waals surface area contributed by atoms with Gasteiger partial charge >= 0.3 is 0 Å². The molecule has 1 aromatic heterocycles. The fourth-order valence-electron chi connectivity index (χ4n) is 1.69. The van der Waals surface area contributed by atoms with Crippen molar-refractivity contribution in [3.8, 4) is 0 Å². The van der Waals surface area contributed by atoms with E-state index >= 15 is 0 Å². The smallest absolute Gasteiger partial charge is 0.0343 e. The number of hydrogen-bond acceptors (Lipinski definition) is 2. The molecule has 0 amide bonds. The van der Waals surface area contributed by atoms with Crippen LogP contribution in [0.3, 0.4) is 0 Å². The van der Waals surface area contributed by atoms with Gasteiger partial charge in [0, 0.05) is 17.1 Å². The Labute approximate surface area is 101 Å². The van der Waals surface area contributed by atoms with Crippen molar-refractivity contribution in [3.63, 3.8) is 0 Å². The summed E-state index contributed by atoms with van der Waals surface area (Å²) >= 11 is 1.83. The van der Waals surface area contributed by atoms with Crippen LogP contribution in [0.25, 0.3) is 0 Å². The minimum Gasteiger partial charge on any atom is -0.385 e. The first-order valence-corrected chi connectivity index (χ1v) is 6.61. The highest BCUT2D eigenvalue weighted by atomic mass is 32.1. The second-order valence-corrected chi connectivity index (χ2v) is 4.84. The lowest BCUT2D eigenvalue weighted by atomic mass is 10.1. The van der Waals surface area contributed by atoms with Gasteiger partial charge in [0.15, 0.2) is 0 Å². The fraction of sp³-hybridized carbons (Fsp3) is 0.286. The van der Waals surface area contributed by atoms with Crippen LogP contribution in [0.1, 0.15) is 17.4 Å². The zero-order chi connectivity index (χ0) is 11.2. The molecular formula is C14H17NS. The second kappa shape index (κ2) is 5.71. The fourth-order valence-corrected chi connectivity index (χ4v) is 2.40. The zero-order valence-electron chi connectivity index (χ0n) is 9.57. The van der Waals surface area contributed by atoms with E-state index in [4.69, 9.17) is 0 Å². The molecule has 0 saturated heterocycles. The van der Waals surface area contributed by atoms with Gasteiger partial charge in [-0.15, -0.1) is 11.3 Å². The van der Waals surface area contributed by atoms with Gasteiger partial charge in [-0.2, -0.15) is 0 Å². The van der Waals surface area contributed by atoms with Crippen LogP contribution in [0.4, 0.5) is 5.69 Å².